The third-order valence-electron chi connectivity index (χ3n) is 5.20. The van der Waals surface area contributed by atoms with Crippen molar-refractivity contribution in [2.45, 2.75) is 65.4 Å². The van der Waals surface area contributed by atoms with Crippen molar-refractivity contribution in [3.05, 3.63) is 0 Å². The van der Waals surface area contributed by atoms with Gasteiger partial charge in [0.05, 0.1) is 5.60 Å². The molecule has 2 aliphatic carbocycles. The van der Waals surface area contributed by atoms with Gasteiger partial charge in [0, 0.05) is 0 Å². The Balaban J connectivity index is 2.09. The maximum Gasteiger partial charge on any atom is 0.0701 e. The highest BCUT2D eigenvalue weighted by molar-refractivity contribution is 5.06. The lowest BCUT2D eigenvalue weighted by Crippen LogP contribution is -2.45. The average Bonchev–Trinajstić information content (AvgIpc) is 2.83. The van der Waals surface area contributed by atoms with Gasteiger partial charge in [-0.25, -0.2) is 0 Å². The Hall–Kier alpha value is -0.0400. The van der Waals surface area contributed by atoms with E-state index >= 15 is 0 Å². The molecule has 1 nitrogen and oxygen atoms in total. The van der Waals surface area contributed by atoms with Crippen molar-refractivity contribution in [1.82, 2.24) is 0 Å². The Morgan fingerprint density at radius 3 is 1.93 bits per heavy atom. The summed E-state index contributed by atoms with van der Waals surface area (Å²) in [6.07, 6.45) is 6.25. The van der Waals surface area contributed by atoms with Crippen LogP contribution in [0, 0.1) is 23.2 Å². The molecule has 0 aromatic rings. The lowest BCUT2D eigenvalue weighted by molar-refractivity contribution is -0.0842. The molecule has 2 aliphatic rings. The summed E-state index contributed by atoms with van der Waals surface area (Å²) < 4.78 is 0. The largest absolute Gasteiger partial charge is 0.389 e. The first-order valence-corrected chi connectivity index (χ1v) is 6.57. The molecule has 0 bridgehead atoms. The van der Waals surface area contributed by atoms with Crippen LogP contribution >= 0.6 is 0 Å². The highest BCUT2D eigenvalue weighted by Crippen LogP contribution is 2.58. The van der Waals surface area contributed by atoms with Gasteiger partial charge < -0.3 is 5.11 Å². The van der Waals surface area contributed by atoms with Crippen molar-refractivity contribution in [2.24, 2.45) is 23.2 Å². The molecule has 2 fully saturated rings. The van der Waals surface area contributed by atoms with Crippen molar-refractivity contribution in [3.8, 4) is 0 Å². The Morgan fingerprint density at radius 1 is 1.07 bits per heavy atom. The van der Waals surface area contributed by atoms with Crippen LogP contribution < -0.4 is 0 Å². The first-order chi connectivity index (χ1) is 6.85. The molecule has 2 saturated carbocycles. The molecule has 1 heteroatoms. The van der Waals surface area contributed by atoms with E-state index in [1.54, 1.807) is 0 Å². The second-order valence-electron chi connectivity index (χ2n) is 6.82. The summed E-state index contributed by atoms with van der Waals surface area (Å²) in [5.41, 5.74) is -0.190. The third kappa shape index (κ3) is 1.95. The van der Waals surface area contributed by atoms with E-state index < -0.39 is 5.60 Å². The molecule has 88 valence electrons. The highest BCUT2D eigenvalue weighted by Gasteiger charge is 2.56. The monoisotopic (exact) mass is 210 g/mol. The molecule has 2 rings (SSSR count). The predicted molar refractivity (Wildman–Crippen MR) is 63.6 cm³/mol. The van der Waals surface area contributed by atoms with Gasteiger partial charge >= 0.3 is 0 Å². The fraction of sp³-hybridized carbons (Fsp3) is 1.00. The summed E-state index contributed by atoms with van der Waals surface area (Å²) in [6, 6.07) is 0. The molecule has 3 unspecified atom stereocenters. The fourth-order valence-electron chi connectivity index (χ4n) is 3.59. The van der Waals surface area contributed by atoms with Crippen LogP contribution in [0.3, 0.4) is 0 Å². The topological polar surface area (TPSA) is 20.2 Å². The maximum absolute atomic E-state index is 10.8. The zero-order valence-electron chi connectivity index (χ0n) is 10.7. The number of hydrogen-bond acceptors (Lipinski definition) is 1. The number of hydrogen-bond donors (Lipinski definition) is 1. The Labute approximate surface area is 94.3 Å². The molecule has 0 spiro atoms. The molecular weight excluding hydrogens is 184 g/mol. The van der Waals surface area contributed by atoms with Gasteiger partial charge in [-0.2, -0.15) is 0 Å². The average molecular weight is 210 g/mol. The number of aliphatic hydroxyl groups is 1. The molecule has 15 heavy (non-hydrogen) atoms. The normalized spacial score (nSPS) is 43.4. The minimum Gasteiger partial charge on any atom is -0.389 e. The highest BCUT2D eigenvalue weighted by atomic mass is 16.3. The van der Waals surface area contributed by atoms with E-state index in [4.69, 9.17) is 0 Å². The van der Waals surface area contributed by atoms with E-state index in [0.29, 0.717) is 5.92 Å². The van der Waals surface area contributed by atoms with Crippen LogP contribution in [0.25, 0.3) is 0 Å². The van der Waals surface area contributed by atoms with E-state index in [2.05, 4.69) is 27.7 Å². The summed E-state index contributed by atoms with van der Waals surface area (Å²) in [7, 11) is 0. The second kappa shape index (κ2) is 3.48. The first kappa shape index (κ1) is 11.4. The Bertz CT molecular complexity index is 230. The molecular formula is C14H26O. The smallest absolute Gasteiger partial charge is 0.0701 e. The van der Waals surface area contributed by atoms with Crippen LogP contribution in [-0.4, -0.2) is 10.7 Å². The zero-order valence-corrected chi connectivity index (χ0v) is 10.7. The van der Waals surface area contributed by atoms with Crippen LogP contribution in [0.15, 0.2) is 0 Å². The minimum absolute atomic E-state index is 0.231. The van der Waals surface area contributed by atoms with Gasteiger partial charge in [0.15, 0.2) is 0 Å². The van der Waals surface area contributed by atoms with Crippen molar-refractivity contribution >= 4 is 0 Å². The van der Waals surface area contributed by atoms with Gasteiger partial charge in [0.1, 0.15) is 0 Å². The van der Waals surface area contributed by atoms with Crippen molar-refractivity contribution in [3.63, 3.8) is 0 Å². The SMILES string of the molecule is CC1CC(C)CC(C(C)(O)C2(C)CC2)C1. The van der Waals surface area contributed by atoms with Crippen LogP contribution in [0.2, 0.25) is 0 Å². The van der Waals surface area contributed by atoms with Gasteiger partial charge in [-0.05, 0) is 62.2 Å². The predicted octanol–water partition coefficient (Wildman–Crippen LogP) is 3.61. The van der Waals surface area contributed by atoms with E-state index in [-0.39, 0.29) is 5.41 Å². The number of rotatable bonds is 2. The molecule has 0 aromatic carbocycles. The van der Waals surface area contributed by atoms with Crippen molar-refractivity contribution < 1.29 is 5.11 Å². The van der Waals surface area contributed by atoms with E-state index in [0.717, 1.165) is 11.8 Å². The lowest BCUT2D eigenvalue weighted by atomic mass is 9.65. The maximum atomic E-state index is 10.8. The third-order valence-corrected chi connectivity index (χ3v) is 5.20. The van der Waals surface area contributed by atoms with Gasteiger partial charge in [-0.15, -0.1) is 0 Å². The molecule has 3 atom stereocenters. The second-order valence-corrected chi connectivity index (χ2v) is 6.82. The summed E-state index contributed by atoms with van der Waals surface area (Å²) in [4.78, 5) is 0. The van der Waals surface area contributed by atoms with Crippen molar-refractivity contribution in [1.29, 1.82) is 0 Å². The van der Waals surface area contributed by atoms with Crippen LogP contribution in [0.5, 0.6) is 0 Å². The molecule has 0 aliphatic heterocycles. The standard InChI is InChI=1S/C14H26O/c1-10-7-11(2)9-12(8-10)14(4,15)13(3)5-6-13/h10-12,15H,5-9H2,1-4H3. The van der Waals surface area contributed by atoms with Gasteiger partial charge in [-0.3, -0.25) is 0 Å². The quantitative estimate of drug-likeness (QED) is 0.738. The fourth-order valence-corrected chi connectivity index (χ4v) is 3.59. The van der Waals surface area contributed by atoms with Crippen molar-refractivity contribution in [2.75, 3.05) is 0 Å². The Morgan fingerprint density at radius 2 is 1.53 bits per heavy atom. The summed E-state index contributed by atoms with van der Waals surface area (Å²) in [6.45, 7) is 9.04. The summed E-state index contributed by atoms with van der Waals surface area (Å²) >= 11 is 0. The molecule has 0 saturated heterocycles. The summed E-state index contributed by atoms with van der Waals surface area (Å²) in [5.74, 6) is 2.13. The first-order valence-electron chi connectivity index (χ1n) is 6.57. The molecule has 0 radical (unpaired) electrons. The lowest BCUT2D eigenvalue weighted by Gasteiger charge is -2.44. The van der Waals surface area contributed by atoms with Gasteiger partial charge in [0.25, 0.3) is 0 Å². The van der Waals surface area contributed by atoms with Crippen LogP contribution in [0.4, 0.5) is 0 Å². The van der Waals surface area contributed by atoms with E-state index in [1.165, 1.54) is 32.1 Å². The van der Waals surface area contributed by atoms with Crippen LogP contribution in [-0.2, 0) is 0 Å². The molecule has 1 N–H and O–H groups in total. The molecule has 0 heterocycles. The zero-order chi connectivity index (χ0) is 11.3. The summed E-state index contributed by atoms with van der Waals surface area (Å²) in [5, 5.41) is 10.8. The van der Waals surface area contributed by atoms with Gasteiger partial charge in [-0.1, -0.05) is 20.8 Å². The van der Waals surface area contributed by atoms with Gasteiger partial charge in [0.2, 0.25) is 0 Å². The Kier molecular flexibility index (Phi) is 2.65. The van der Waals surface area contributed by atoms with Crippen LogP contribution in [0.1, 0.15) is 59.8 Å². The minimum atomic E-state index is -0.421. The molecule has 0 amide bonds. The van der Waals surface area contributed by atoms with E-state index in [1.807, 2.05) is 0 Å². The van der Waals surface area contributed by atoms with E-state index in [9.17, 15) is 5.11 Å². The molecule has 0 aromatic heterocycles.